The van der Waals surface area contributed by atoms with Crippen molar-refractivity contribution in [3.8, 4) is 0 Å². The number of nitrogens with zero attached hydrogens (tertiary/aromatic N) is 2. The molecule has 1 atom stereocenters. The molecule has 1 heterocycles. The summed E-state index contributed by atoms with van der Waals surface area (Å²) in [6, 6.07) is 0. The molecule has 4 N–H and O–H groups in total. The zero-order valence-electron chi connectivity index (χ0n) is 11.5. The van der Waals surface area contributed by atoms with E-state index in [1.165, 1.54) is 0 Å². The normalized spacial score (nSPS) is 12.9. The molecule has 1 rings (SSSR count). The van der Waals surface area contributed by atoms with Crippen LogP contribution >= 0.6 is 19.1 Å². The molecule has 0 saturated carbocycles. The van der Waals surface area contributed by atoms with Crippen LogP contribution in [0.5, 0.6) is 0 Å². The van der Waals surface area contributed by atoms with Gasteiger partial charge in [0.1, 0.15) is 12.5 Å². The third kappa shape index (κ3) is 6.64. The molecular weight excluding hydrogens is 341 g/mol. The van der Waals surface area contributed by atoms with E-state index in [1.807, 2.05) is 0 Å². The van der Waals surface area contributed by atoms with Gasteiger partial charge in [-0.05, 0) is 18.5 Å². The zero-order valence-corrected chi connectivity index (χ0v) is 13.2. The van der Waals surface area contributed by atoms with Crippen molar-refractivity contribution < 1.29 is 33.7 Å². The van der Waals surface area contributed by atoms with Crippen LogP contribution in [0, 0.1) is 0 Å². The predicted molar refractivity (Wildman–Crippen MR) is 75.9 cm³/mol. The topological polar surface area (TPSA) is 160 Å². The van der Waals surface area contributed by atoms with Gasteiger partial charge in [-0.15, -0.1) is 0 Å². The van der Waals surface area contributed by atoms with Crippen LogP contribution in [0.2, 0.25) is 0 Å². The molecule has 0 aromatic carbocycles. The number of aliphatic hydroxyl groups excluding tert-OH is 1. The molecule has 0 aliphatic heterocycles. The Morgan fingerprint density at radius 2 is 2.23 bits per heavy atom. The number of hydrogen-bond acceptors (Lipinski definition) is 8. The molecule has 1 aromatic rings. The SMILES string of the molecule is CCOC(=O)Nc1nc(=O)n(C[C@@H](CO)OCP(=O)(O)O)s1. The molecule has 0 unspecified atom stereocenters. The molecule has 0 spiro atoms. The van der Waals surface area contributed by atoms with Crippen molar-refractivity contribution in [2.75, 3.05) is 24.9 Å². The maximum absolute atomic E-state index is 11.6. The molecular formula is C9H16N3O8PS. The highest BCUT2D eigenvalue weighted by atomic mass is 32.1. The van der Waals surface area contributed by atoms with Crippen LogP contribution in [0.25, 0.3) is 0 Å². The molecule has 13 heteroatoms. The van der Waals surface area contributed by atoms with Crippen LogP contribution < -0.4 is 11.0 Å². The van der Waals surface area contributed by atoms with Gasteiger partial charge in [-0.2, -0.15) is 4.98 Å². The predicted octanol–water partition coefficient (Wildman–Crippen LogP) is -0.614. The smallest absolute Gasteiger partial charge is 0.413 e. The first kappa shape index (κ1) is 18.7. The number of anilines is 1. The summed E-state index contributed by atoms with van der Waals surface area (Å²) >= 11 is 0.787. The van der Waals surface area contributed by atoms with Gasteiger partial charge in [0.25, 0.3) is 0 Å². The average molecular weight is 357 g/mol. The van der Waals surface area contributed by atoms with Gasteiger partial charge in [-0.1, -0.05) is 0 Å². The first-order valence-corrected chi connectivity index (χ1v) is 8.61. The van der Waals surface area contributed by atoms with Gasteiger partial charge in [0.05, 0.1) is 19.8 Å². The Hall–Kier alpha value is -1.30. The summed E-state index contributed by atoms with van der Waals surface area (Å²) in [6.07, 6.45) is -2.64. The Bertz CT molecular complexity index is 596. The zero-order chi connectivity index (χ0) is 16.8. The summed E-state index contributed by atoms with van der Waals surface area (Å²) in [4.78, 5) is 43.8. The Morgan fingerprint density at radius 1 is 1.55 bits per heavy atom. The van der Waals surface area contributed by atoms with E-state index in [-0.39, 0.29) is 18.3 Å². The summed E-state index contributed by atoms with van der Waals surface area (Å²) < 4.78 is 21.2. The summed E-state index contributed by atoms with van der Waals surface area (Å²) in [7, 11) is -4.38. The van der Waals surface area contributed by atoms with Gasteiger partial charge in [0, 0.05) is 0 Å². The highest BCUT2D eigenvalue weighted by Gasteiger charge is 2.19. The number of nitrogens with one attached hydrogen (secondary N) is 1. The molecule has 126 valence electrons. The Balaban J connectivity index is 2.68. The average Bonchev–Trinajstić information content (AvgIpc) is 2.73. The van der Waals surface area contributed by atoms with Crippen LogP contribution in [0.1, 0.15) is 6.92 Å². The number of aromatic nitrogens is 2. The Labute approximate surface area is 128 Å². The molecule has 1 amide bonds. The van der Waals surface area contributed by atoms with E-state index in [0.29, 0.717) is 0 Å². The van der Waals surface area contributed by atoms with Crippen molar-refractivity contribution in [3.05, 3.63) is 10.5 Å². The number of hydrogen-bond donors (Lipinski definition) is 4. The summed E-state index contributed by atoms with van der Waals surface area (Å²) in [5.41, 5.74) is -0.699. The van der Waals surface area contributed by atoms with Crippen molar-refractivity contribution in [1.82, 2.24) is 8.94 Å². The Morgan fingerprint density at radius 3 is 2.77 bits per heavy atom. The van der Waals surface area contributed by atoms with Gasteiger partial charge in [0.15, 0.2) is 0 Å². The number of rotatable bonds is 8. The first-order valence-electron chi connectivity index (χ1n) is 6.04. The summed E-state index contributed by atoms with van der Waals surface area (Å²) in [5, 5.41) is 11.3. The molecule has 0 bridgehead atoms. The molecule has 22 heavy (non-hydrogen) atoms. The van der Waals surface area contributed by atoms with E-state index < -0.39 is 38.4 Å². The minimum atomic E-state index is -4.38. The lowest BCUT2D eigenvalue weighted by Gasteiger charge is -2.15. The lowest BCUT2D eigenvalue weighted by atomic mass is 10.4. The summed E-state index contributed by atoms with van der Waals surface area (Å²) in [6.45, 7) is 1.05. The van der Waals surface area contributed by atoms with Crippen LogP contribution in [-0.4, -0.2) is 55.6 Å². The minimum absolute atomic E-state index is 0.00451. The van der Waals surface area contributed by atoms with Crippen LogP contribution in [0.4, 0.5) is 9.93 Å². The van der Waals surface area contributed by atoms with E-state index >= 15 is 0 Å². The second kappa shape index (κ2) is 8.36. The van der Waals surface area contributed by atoms with Gasteiger partial charge in [-0.25, -0.2) is 13.5 Å². The fourth-order valence-electron chi connectivity index (χ4n) is 1.28. The van der Waals surface area contributed by atoms with Crippen molar-refractivity contribution in [2.24, 2.45) is 0 Å². The van der Waals surface area contributed by atoms with E-state index in [2.05, 4.69) is 15.0 Å². The maximum Gasteiger partial charge on any atom is 0.413 e. The Kier molecular flexibility index (Phi) is 7.13. The van der Waals surface area contributed by atoms with Crippen molar-refractivity contribution in [1.29, 1.82) is 0 Å². The van der Waals surface area contributed by atoms with E-state index in [1.54, 1.807) is 6.92 Å². The van der Waals surface area contributed by atoms with Crippen LogP contribution in [-0.2, 0) is 20.6 Å². The molecule has 0 fully saturated rings. The molecule has 11 nitrogen and oxygen atoms in total. The first-order chi connectivity index (χ1) is 10.2. The van der Waals surface area contributed by atoms with Crippen molar-refractivity contribution >= 4 is 30.4 Å². The number of ether oxygens (including phenoxy) is 2. The van der Waals surface area contributed by atoms with Crippen LogP contribution in [0.3, 0.4) is 0 Å². The monoisotopic (exact) mass is 357 g/mol. The maximum atomic E-state index is 11.6. The molecule has 1 aromatic heterocycles. The van der Waals surface area contributed by atoms with Crippen LogP contribution in [0.15, 0.2) is 4.79 Å². The highest BCUT2D eigenvalue weighted by Crippen LogP contribution is 2.34. The quantitative estimate of drug-likeness (QED) is 0.445. The number of aliphatic hydroxyl groups is 1. The van der Waals surface area contributed by atoms with E-state index in [4.69, 9.17) is 19.6 Å². The highest BCUT2D eigenvalue weighted by molar-refractivity contribution is 7.51. The molecule has 0 aliphatic carbocycles. The lowest BCUT2D eigenvalue weighted by molar-refractivity contribution is 0.0208. The number of amides is 1. The second-order valence-corrected chi connectivity index (χ2v) is 6.56. The minimum Gasteiger partial charge on any atom is -0.450 e. The van der Waals surface area contributed by atoms with Crippen molar-refractivity contribution in [2.45, 2.75) is 19.6 Å². The lowest BCUT2D eigenvalue weighted by Crippen LogP contribution is -2.28. The third-order valence-electron chi connectivity index (χ3n) is 2.14. The van der Waals surface area contributed by atoms with Crippen molar-refractivity contribution in [3.63, 3.8) is 0 Å². The number of carbonyl (C=O) groups is 1. The number of carbonyl (C=O) groups excluding carboxylic acids is 1. The van der Waals surface area contributed by atoms with Gasteiger partial charge in [0.2, 0.25) is 5.13 Å². The summed E-state index contributed by atoms with van der Waals surface area (Å²) in [5.74, 6) is 0. The van der Waals surface area contributed by atoms with Gasteiger partial charge in [-0.3, -0.25) is 9.88 Å². The fraction of sp³-hybridized carbons (Fsp3) is 0.667. The third-order valence-corrected chi connectivity index (χ3v) is 3.52. The van der Waals surface area contributed by atoms with E-state index in [9.17, 15) is 14.2 Å². The standard InChI is InChI=1S/C9H16N3O8PS/c1-2-19-9(15)11-7-10-8(14)12(22-7)3-6(4-13)20-5-21(16,17)18/h6,13H,2-5H2,1H3,(H2,16,17,18)(H,10,11,14,15)/t6-/m0/s1. The second-order valence-electron chi connectivity index (χ2n) is 3.96. The molecule has 0 saturated heterocycles. The van der Waals surface area contributed by atoms with Gasteiger partial charge >= 0.3 is 19.4 Å². The van der Waals surface area contributed by atoms with Gasteiger partial charge < -0.3 is 24.4 Å². The fourth-order valence-corrected chi connectivity index (χ4v) is 2.50. The van der Waals surface area contributed by atoms with E-state index in [0.717, 1.165) is 15.5 Å². The largest absolute Gasteiger partial charge is 0.450 e. The molecule has 0 aliphatic rings. The molecule has 0 radical (unpaired) electrons.